The quantitative estimate of drug-likeness (QED) is 0.839. The van der Waals surface area contributed by atoms with E-state index in [0.717, 1.165) is 25.7 Å². The van der Waals surface area contributed by atoms with Crippen LogP contribution < -0.4 is 10.1 Å². The van der Waals surface area contributed by atoms with Crippen molar-refractivity contribution in [3.63, 3.8) is 0 Å². The highest BCUT2D eigenvalue weighted by Gasteiger charge is 2.21. The van der Waals surface area contributed by atoms with Crippen molar-refractivity contribution in [2.75, 3.05) is 7.11 Å². The molecule has 1 fully saturated rings. The SMILES string of the molecule is COc1ccc(C(=O)NC2CCC(Cl)CC2)cc1O. The van der Waals surface area contributed by atoms with Crippen LogP contribution in [0.3, 0.4) is 0 Å². The number of hydrogen-bond donors (Lipinski definition) is 2. The van der Waals surface area contributed by atoms with E-state index in [0.29, 0.717) is 11.3 Å². The van der Waals surface area contributed by atoms with Crippen LogP contribution in [-0.2, 0) is 0 Å². The van der Waals surface area contributed by atoms with E-state index in [1.165, 1.54) is 13.2 Å². The van der Waals surface area contributed by atoms with Gasteiger partial charge in [0.25, 0.3) is 5.91 Å². The molecule has 1 aromatic rings. The third-order valence-corrected chi connectivity index (χ3v) is 3.87. The Balaban J connectivity index is 1.98. The minimum atomic E-state index is -0.170. The summed E-state index contributed by atoms with van der Waals surface area (Å²) < 4.78 is 4.95. The average Bonchev–Trinajstić information content (AvgIpc) is 2.41. The van der Waals surface area contributed by atoms with E-state index < -0.39 is 0 Å². The summed E-state index contributed by atoms with van der Waals surface area (Å²) in [7, 11) is 1.47. The topological polar surface area (TPSA) is 58.6 Å². The maximum atomic E-state index is 12.1. The van der Waals surface area contributed by atoms with E-state index in [-0.39, 0.29) is 23.1 Å². The van der Waals surface area contributed by atoms with Gasteiger partial charge in [0.15, 0.2) is 11.5 Å². The molecule has 1 aliphatic carbocycles. The lowest BCUT2D eigenvalue weighted by molar-refractivity contribution is 0.0927. The van der Waals surface area contributed by atoms with Gasteiger partial charge in [0.1, 0.15) is 0 Å². The molecule has 0 heterocycles. The molecule has 4 nitrogen and oxygen atoms in total. The predicted molar refractivity (Wildman–Crippen MR) is 74.0 cm³/mol. The Morgan fingerprint density at radius 3 is 2.63 bits per heavy atom. The second-order valence-electron chi connectivity index (χ2n) is 4.81. The highest BCUT2D eigenvalue weighted by Crippen LogP contribution is 2.27. The standard InChI is InChI=1S/C14H18ClNO3/c1-19-13-7-2-9(8-12(13)17)14(18)16-11-5-3-10(15)4-6-11/h2,7-8,10-11,17H,3-6H2,1H3,(H,16,18). The van der Waals surface area contributed by atoms with Crippen LogP contribution >= 0.6 is 11.6 Å². The first-order chi connectivity index (χ1) is 9.10. The Morgan fingerprint density at radius 2 is 2.05 bits per heavy atom. The number of hydrogen-bond acceptors (Lipinski definition) is 3. The molecule has 0 unspecified atom stereocenters. The number of benzene rings is 1. The van der Waals surface area contributed by atoms with Gasteiger partial charge in [-0.15, -0.1) is 11.6 Å². The molecule has 0 atom stereocenters. The van der Waals surface area contributed by atoms with Gasteiger partial charge in [0, 0.05) is 17.0 Å². The number of ether oxygens (including phenoxy) is 1. The van der Waals surface area contributed by atoms with E-state index in [1.54, 1.807) is 12.1 Å². The average molecular weight is 284 g/mol. The van der Waals surface area contributed by atoms with Gasteiger partial charge in [0.2, 0.25) is 0 Å². The number of methoxy groups -OCH3 is 1. The number of aromatic hydroxyl groups is 1. The highest BCUT2D eigenvalue weighted by molar-refractivity contribution is 6.20. The number of amides is 1. The molecular formula is C14H18ClNO3. The molecule has 0 aliphatic heterocycles. The van der Waals surface area contributed by atoms with Crippen LogP contribution in [0.4, 0.5) is 0 Å². The van der Waals surface area contributed by atoms with Crippen molar-refractivity contribution in [2.24, 2.45) is 0 Å². The van der Waals surface area contributed by atoms with Crippen LogP contribution in [0, 0.1) is 0 Å². The maximum Gasteiger partial charge on any atom is 0.251 e. The molecule has 1 amide bonds. The zero-order valence-corrected chi connectivity index (χ0v) is 11.6. The molecule has 0 saturated heterocycles. The van der Waals surface area contributed by atoms with Crippen molar-refractivity contribution < 1.29 is 14.6 Å². The van der Waals surface area contributed by atoms with Crippen molar-refractivity contribution in [2.45, 2.75) is 37.1 Å². The molecule has 2 rings (SSSR count). The number of nitrogens with one attached hydrogen (secondary N) is 1. The summed E-state index contributed by atoms with van der Waals surface area (Å²) in [6.45, 7) is 0. The normalized spacial score (nSPS) is 22.8. The molecule has 1 aliphatic rings. The van der Waals surface area contributed by atoms with Gasteiger partial charge < -0.3 is 15.2 Å². The number of phenolic OH excluding ortho intramolecular Hbond substituents is 1. The molecule has 19 heavy (non-hydrogen) atoms. The summed E-state index contributed by atoms with van der Waals surface area (Å²) >= 11 is 6.03. The lowest BCUT2D eigenvalue weighted by Gasteiger charge is -2.25. The van der Waals surface area contributed by atoms with Gasteiger partial charge in [0.05, 0.1) is 7.11 Å². The minimum absolute atomic E-state index is 0.0281. The van der Waals surface area contributed by atoms with Crippen molar-refractivity contribution >= 4 is 17.5 Å². The third-order valence-electron chi connectivity index (χ3n) is 3.43. The van der Waals surface area contributed by atoms with Crippen molar-refractivity contribution in [1.29, 1.82) is 0 Å². The second-order valence-corrected chi connectivity index (χ2v) is 5.43. The van der Waals surface area contributed by atoms with Crippen molar-refractivity contribution in [3.8, 4) is 11.5 Å². The summed E-state index contributed by atoms with van der Waals surface area (Å²) in [5.41, 5.74) is 0.436. The minimum Gasteiger partial charge on any atom is -0.504 e. The monoisotopic (exact) mass is 283 g/mol. The summed E-state index contributed by atoms with van der Waals surface area (Å²) in [5, 5.41) is 12.9. The van der Waals surface area contributed by atoms with Gasteiger partial charge >= 0.3 is 0 Å². The summed E-state index contributed by atoms with van der Waals surface area (Å²) in [5.74, 6) is 0.162. The Labute approximate surface area is 117 Å². The molecule has 2 N–H and O–H groups in total. The fourth-order valence-electron chi connectivity index (χ4n) is 2.30. The maximum absolute atomic E-state index is 12.1. The first-order valence-corrected chi connectivity index (χ1v) is 6.85. The van der Waals surface area contributed by atoms with Crippen LogP contribution in [0.25, 0.3) is 0 Å². The molecule has 0 bridgehead atoms. The summed E-state index contributed by atoms with van der Waals surface area (Å²) in [4.78, 5) is 12.1. The van der Waals surface area contributed by atoms with Crippen molar-refractivity contribution in [1.82, 2.24) is 5.32 Å². The largest absolute Gasteiger partial charge is 0.504 e. The molecule has 1 aromatic carbocycles. The molecule has 1 saturated carbocycles. The van der Waals surface area contributed by atoms with Crippen LogP contribution in [0.1, 0.15) is 36.0 Å². The van der Waals surface area contributed by atoms with E-state index >= 15 is 0 Å². The Hall–Kier alpha value is -1.42. The van der Waals surface area contributed by atoms with E-state index in [9.17, 15) is 9.90 Å². The molecule has 5 heteroatoms. The first-order valence-electron chi connectivity index (χ1n) is 6.42. The molecule has 0 spiro atoms. The fraction of sp³-hybridized carbons (Fsp3) is 0.500. The van der Waals surface area contributed by atoms with Gasteiger partial charge in [-0.25, -0.2) is 0 Å². The number of carbonyl (C=O) groups excluding carboxylic acids is 1. The number of carbonyl (C=O) groups is 1. The predicted octanol–water partition coefficient (Wildman–Crippen LogP) is 2.68. The van der Waals surface area contributed by atoms with Crippen LogP contribution in [0.15, 0.2) is 18.2 Å². The highest BCUT2D eigenvalue weighted by atomic mass is 35.5. The van der Waals surface area contributed by atoms with Gasteiger partial charge in [-0.3, -0.25) is 4.79 Å². The smallest absolute Gasteiger partial charge is 0.251 e. The number of phenols is 1. The van der Waals surface area contributed by atoms with Crippen LogP contribution in [0.5, 0.6) is 11.5 Å². The lowest BCUT2D eigenvalue weighted by atomic mass is 9.95. The zero-order valence-electron chi connectivity index (χ0n) is 10.9. The molecular weight excluding hydrogens is 266 g/mol. The number of rotatable bonds is 3. The third kappa shape index (κ3) is 3.53. The Bertz CT molecular complexity index is 456. The Morgan fingerprint density at radius 1 is 1.37 bits per heavy atom. The second kappa shape index (κ2) is 6.15. The van der Waals surface area contributed by atoms with E-state index in [2.05, 4.69) is 5.32 Å². The first kappa shape index (κ1) is 14.0. The lowest BCUT2D eigenvalue weighted by Crippen LogP contribution is -2.37. The van der Waals surface area contributed by atoms with Crippen LogP contribution in [-0.4, -0.2) is 29.5 Å². The summed E-state index contributed by atoms with van der Waals surface area (Å²) in [6, 6.07) is 4.81. The van der Waals surface area contributed by atoms with Crippen LogP contribution in [0.2, 0.25) is 0 Å². The van der Waals surface area contributed by atoms with E-state index in [4.69, 9.17) is 16.3 Å². The van der Waals surface area contributed by atoms with Crippen molar-refractivity contribution in [3.05, 3.63) is 23.8 Å². The zero-order chi connectivity index (χ0) is 13.8. The molecule has 0 aromatic heterocycles. The number of halogens is 1. The molecule has 0 radical (unpaired) electrons. The Kier molecular flexibility index (Phi) is 4.53. The van der Waals surface area contributed by atoms with Gasteiger partial charge in [-0.05, 0) is 43.9 Å². The molecule has 104 valence electrons. The summed E-state index contributed by atoms with van der Waals surface area (Å²) in [6.07, 6.45) is 3.67. The number of alkyl halides is 1. The van der Waals surface area contributed by atoms with Gasteiger partial charge in [-0.2, -0.15) is 0 Å². The van der Waals surface area contributed by atoms with E-state index in [1.807, 2.05) is 0 Å². The fourth-order valence-corrected chi connectivity index (χ4v) is 2.55. The van der Waals surface area contributed by atoms with Gasteiger partial charge in [-0.1, -0.05) is 0 Å².